The predicted octanol–water partition coefficient (Wildman–Crippen LogP) is 6.13. The van der Waals surface area contributed by atoms with Gasteiger partial charge in [-0.2, -0.15) is 13.2 Å². The van der Waals surface area contributed by atoms with Crippen LogP contribution in [0.15, 0.2) is 12.4 Å². The third kappa shape index (κ3) is 6.75. The summed E-state index contributed by atoms with van der Waals surface area (Å²) in [5.41, 5.74) is -0.281. The van der Waals surface area contributed by atoms with Crippen molar-refractivity contribution in [1.29, 1.82) is 0 Å². The Kier molecular flexibility index (Phi) is 8.43. The van der Waals surface area contributed by atoms with Crippen LogP contribution in [-0.4, -0.2) is 9.97 Å². The molecule has 0 aliphatic rings. The van der Waals surface area contributed by atoms with Crippen LogP contribution in [-0.2, 0) is 6.18 Å². The first-order valence-corrected chi connectivity index (χ1v) is 8.38. The average molecular weight is 316 g/mol. The van der Waals surface area contributed by atoms with Gasteiger partial charge in [0.05, 0.1) is 0 Å². The first-order valence-electron chi connectivity index (χ1n) is 8.38. The molecule has 0 aliphatic carbocycles. The largest absolute Gasteiger partial charge is 0.433 e. The maximum Gasteiger partial charge on any atom is 0.433 e. The molecule has 1 atom stereocenters. The van der Waals surface area contributed by atoms with Crippen LogP contribution in [0.5, 0.6) is 0 Å². The minimum Gasteiger partial charge on any atom is -0.241 e. The summed E-state index contributed by atoms with van der Waals surface area (Å²) < 4.78 is 38.4. The first kappa shape index (κ1) is 18.9. The highest BCUT2D eigenvalue weighted by Crippen LogP contribution is 2.31. The van der Waals surface area contributed by atoms with Gasteiger partial charge in [-0.25, -0.2) is 9.97 Å². The molecule has 1 unspecified atom stereocenters. The number of hydrogen-bond acceptors (Lipinski definition) is 2. The van der Waals surface area contributed by atoms with Crippen LogP contribution in [0.25, 0.3) is 0 Å². The molecule has 0 spiro atoms. The Morgan fingerprint density at radius 2 is 1.55 bits per heavy atom. The Morgan fingerprint density at radius 1 is 0.909 bits per heavy atom. The molecule has 0 saturated carbocycles. The molecule has 1 rings (SSSR count). The van der Waals surface area contributed by atoms with Crippen LogP contribution < -0.4 is 0 Å². The van der Waals surface area contributed by atoms with E-state index < -0.39 is 11.9 Å². The average Bonchev–Trinajstić information content (AvgIpc) is 2.49. The fraction of sp³-hybridized carbons (Fsp3) is 0.765. The Bertz CT molecular complexity index is 419. The van der Waals surface area contributed by atoms with Crippen molar-refractivity contribution in [1.82, 2.24) is 9.97 Å². The lowest BCUT2D eigenvalue weighted by atomic mass is 9.91. The SMILES string of the molecule is CCCCCCCC(CCCC)c1cc(C(F)(F)F)ncn1. The van der Waals surface area contributed by atoms with Crippen molar-refractivity contribution in [2.24, 2.45) is 0 Å². The number of aromatic nitrogens is 2. The highest BCUT2D eigenvalue weighted by molar-refractivity contribution is 5.15. The summed E-state index contributed by atoms with van der Waals surface area (Å²) >= 11 is 0. The highest BCUT2D eigenvalue weighted by atomic mass is 19.4. The second-order valence-electron chi connectivity index (χ2n) is 5.87. The normalized spacial score (nSPS) is 13.3. The maximum atomic E-state index is 12.8. The number of halogens is 3. The van der Waals surface area contributed by atoms with Crippen LogP contribution in [0.2, 0.25) is 0 Å². The molecule has 0 aromatic carbocycles. The van der Waals surface area contributed by atoms with E-state index in [4.69, 9.17) is 0 Å². The van der Waals surface area contributed by atoms with Crippen molar-refractivity contribution in [2.45, 2.75) is 83.7 Å². The fourth-order valence-electron chi connectivity index (χ4n) is 2.64. The Labute approximate surface area is 131 Å². The van der Waals surface area contributed by atoms with E-state index in [0.29, 0.717) is 5.69 Å². The summed E-state index contributed by atoms with van der Waals surface area (Å²) in [6.45, 7) is 4.27. The summed E-state index contributed by atoms with van der Waals surface area (Å²) in [5, 5.41) is 0. The molecule has 0 radical (unpaired) electrons. The van der Waals surface area contributed by atoms with Gasteiger partial charge in [0.1, 0.15) is 12.0 Å². The van der Waals surface area contributed by atoms with Gasteiger partial charge in [0.2, 0.25) is 0 Å². The van der Waals surface area contributed by atoms with E-state index in [1.165, 1.54) is 19.3 Å². The zero-order valence-electron chi connectivity index (χ0n) is 13.6. The number of alkyl halides is 3. The number of rotatable bonds is 10. The van der Waals surface area contributed by atoms with Crippen LogP contribution in [0.1, 0.15) is 88.9 Å². The van der Waals surface area contributed by atoms with E-state index in [0.717, 1.165) is 50.9 Å². The van der Waals surface area contributed by atoms with Gasteiger partial charge in [-0.15, -0.1) is 0 Å². The predicted molar refractivity (Wildman–Crippen MR) is 82.7 cm³/mol. The van der Waals surface area contributed by atoms with Gasteiger partial charge in [-0.1, -0.05) is 58.8 Å². The molecule has 0 amide bonds. The van der Waals surface area contributed by atoms with Crippen molar-refractivity contribution >= 4 is 0 Å². The van der Waals surface area contributed by atoms with Crippen molar-refractivity contribution in [3.63, 3.8) is 0 Å². The summed E-state index contributed by atoms with van der Waals surface area (Å²) in [7, 11) is 0. The molecule has 0 fully saturated rings. The van der Waals surface area contributed by atoms with E-state index in [2.05, 4.69) is 23.8 Å². The standard InChI is InChI=1S/C17H27F3N2/c1-3-5-7-8-9-11-14(10-6-4-2)15-12-16(17(18,19)20)22-13-21-15/h12-14H,3-11H2,1-2H3. The van der Waals surface area contributed by atoms with Gasteiger partial charge < -0.3 is 0 Å². The number of unbranched alkanes of at least 4 members (excludes halogenated alkanes) is 5. The van der Waals surface area contributed by atoms with Crippen LogP contribution in [0.4, 0.5) is 13.2 Å². The van der Waals surface area contributed by atoms with E-state index >= 15 is 0 Å². The van der Waals surface area contributed by atoms with Gasteiger partial charge in [-0.05, 0) is 18.9 Å². The van der Waals surface area contributed by atoms with Gasteiger partial charge >= 0.3 is 6.18 Å². The van der Waals surface area contributed by atoms with Gasteiger partial charge in [0.15, 0.2) is 0 Å². The van der Waals surface area contributed by atoms with E-state index in [1.54, 1.807) is 0 Å². The third-order valence-electron chi connectivity index (χ3n) is 3.96. The number of hydrogen-bond donors (Lipinski definition) is 0. The van der Waals surface area contributed by atoms with E-state index in [-0.39, 0.29) is 5.92 Å². The molecule has 2 nitrogen and oxygen atoms in total. The summed E-state index contributed by atoms with van der Waals surface area (Å²) in [6, 6.07) is 1.13. The minimum absolute atomic E-state index is 0.116. The molecule has 1 aromatic heterocycles. The van der Waals surface area contributed by atoms with Crippen molar-refractivity contribution in [3.8, 4) is 0 Å². The molecule has 126 valence electrons. The maximum absolute atomic E-state index is 12.8. The Morgan fingerprint density at radius 3 is 2.18 bits per heavy atom. The minimum atomic E-state index is -4.39. The lowest BCUT2D eigenvalue weighted by Gasteiger charge is -2.17. The second kappa shape index (κ2) is 9.80. The van der Waals surface area contributed by atoms with E-state index in [9.17, 15) is 13.2 Å². The highest BCUT2D eigenvalue weighted by Gasteiger charge is 2.33. The van der Waals surface area contributed by atoms with Crippen molar-refractivity contribution < 1.29 is 13.2 Å². The zero-order chi connectivity index (χ0) is 16.4. The van der Waals surface area contributed by atoms with Gasteiger partial charge in [0, 0.05) is 11.6 Å². The topological polar surface area (TPSA) is 25.8 Å². The molecule has 5 heteroatoms. The molecular formula is C17H27F3N2. The summed E-state index contributed by atoms with van der Waals surface area (Å²) in [6.07, 6.45) is 6.36. The van der Waals surface area contributed by atoms with Crippen molar-refractivity contribution in [3.05, 3.63) is 23.8 Å². The second-order valence-corrected chi connectivity index (χ2v) is 5.87. The van der Waals surface area contributed by atoms with Crippen LogP contribution in [0, 0.1) is 0 Å². The van der Waals surface area contributed by atoms with Gasteiger partial charge in [-0.3, -0.25) is 0 Å². The lowest BCUT2D eigenvalue weighted by molar-refractivity contribution is -0.141. The zero-order valence-corrected chi connectivity index (χ0v) is 13.6. The molecule has 1 aromatic rings. The lowest BCUT2D eigenvalue weighted by Crippen LogP contribution is -2.11. The fourth-order valence-corrected chi connectivity index (χ4v) is 2.64. The molecule has 0 aliphatic heterocycles. The quantitative estimate of drug-likeness (QED) is 0.485. The number of nitrogens with zero attached hydrogens (tertiary/aromatic N) is 2. The van der Waals surface area contributed by atoms with Crippen LogP contribution in [0.3, 0.4) is 0 Å². The Balaban J connectivity index is 2.69. The molecule has 22 heavy (non-hydrogen) atoms. The van der Waals surface area contributed by atoms with Crippen molar-refractivity contribution in [2.75, 3.05) is 0 Å². The summed E-state index contributed by atoms with van der Waals surface area (Å²) in [5.74, 6) is 0.116. The Hall–Kier alpha value is -1.13. The molecule has 0 N–H and O–H groups in total. The smallest absolute Gasteiger partial charge is 0.241 e. The third-order valence-corrected chi connectivity index (χ3v) is 3.96. The molecule has 0 saturated heterocycles. The summed E-state index contributed by atoms with van der Waals surface area (Å²) in [4.78, 5) is 7.47. The monoisotopic (exact) mass is 316 g/mol. The van der Waals surface area contributed by atoms with Gasteiger partial charge in [0.25, 0.3) is 0 Å². The molecular weight excluding hydrogens is 289 g/mol. The molecule has 0 bridgehead atoms. The van der Waals surface area contributed by atoms with E-state index in [1.807, 2.05) is 0 Å². The molecule has 1 heterocycles. The first-order chi connectivity index (χ1) is 10.5. The van der Waals surface area contributed by atoms with Crippen LogP contribution >= 0.6 is 0 Å².